The van der Waals surface area contributed by atoms with Crippen LogP contribution in [-0.2, 0) is 30.4 Å². The Balaban J connectivity index is 1.16. The van der Waals surface area contributed by atoms with Crippen LogP contribution in [0.1, 0.15) is 47.8 Å². The second kappa shape index (κ2) is 11.9. The molecule has 0 spiro atoms. The van der Waals surface area contributed by atoms with E-state index in [9.17, 15) is 18.0 Å². The Bertz CT molecular complexity index is 1610. The van der Waals surface area contributed by atoms with Gasteiger partial charge >= 0.3 is 6.18 Å². The van der Waals surface area contributed by atoms with Gasteiger partial charge in [0, 0.05) is 57.6 Å². The number of ether oxygens (including phenoxy) is 1. The number of carbonyl (C=O) groups excluding carboxylic acids is 1. The second-order valence-electron chi connectivity index (χ2n) is 11.1. The summed E-state index contributed by atoms with van der Waals surface area (Å²) in [6, 6.07) is 7.64. The lowest BCUT2D eigenvalue weighted by atomic mass is 9.96. The van der Waals surface area contributed by atoms with Crippen LogP contribution in [0.25, 0.3) is 11.0 Å². The third-order valence-electron chi connectivity index (χ3n) is 8.49. The van der Waals surface area contributed by atoms with Gasteiger partial charge in [0.2, 0.25) is 5.91 Å². The zero-order valence-electron chi connectivity index (χ0n) is 24.2. The number of H-pyrrole nitrogens is 1. The smallest absolute Gasteiger partial charge is 0.416 e. The number of alkyl halides is 3. The van der Waals surface area contributed by atoms with Gasteiger partial charge in [-0.2, -0.15) is 18.3 Å². The molecule has 0 saturated carbocycles. The summed E-state index contributed by atoms with van der Waals surface area (Å²) in [5.41, 5.74) is 2.26. The van der Waals surface area contributed by atoms with E-state index in [4.69, 9.17) is 4.74 Å². The van der Waals surface area contributed by atoms with Crippen LogP contribution in [0.3, 0.4) is 0 Å². The lowest BCUT2D eigenvalue weighted by Crippen LogP contribution is -2.45. The molecule has 12 heteroatoms. The first-order valence-corrected chi connectivity index (χ1v) is 14.6. The summed E-state index contributed by atoms with van der Waals surface area (Å²) >= 11 is 0. The van der Waals surface area contributed by atoms with Crippen molar-refractivity contribution in [2.75, 3.05) is 39.3 Å². The summed E-state index contributed by atoms with van der Waals surface area (Å²) in [5.74, 6) is 0.856. The fraction of sp³-hybridized carbons (Fsp3) is 0.419. The molecule has 2 aliphatic rings. The molecule has 226 valence electrons. The highest BCUT2D eigenvalue weighted by Gasteiger charge is 2.35. The Hall–Kier alpha value is -4.03. The molecule has 1 unspecified atom stereocenters. The molecule has 4 aromatic rings. The molecule has 5 heterocycles. The third-order valence-corrected chi connectivity index (χ3v) is 8.49. The molecule has 0 radical (unpaired) electrons. The van der Waals surface area contributed by atoms with Crippen LogP contribution in [-0.4, -0.2) is 80.0 Å². The van der Waals surface area contributed by atoms with Gasteiger partial charge in [-0.3, -0.25) is 19.8 Å². The first-order valence-electron chi connectivity index (χ1n) is 14.6. The molecule has 43 heavy (non-hydrogen) atoms. The summed E-state index contributed by atoms with van der Waals surface area (Å²) in [5, 5.41) is 7.55. The van der Waals surface area contributed by atoms with Gasteiger partial charge in [-0.25, -0.2) is 4.98 Å². The van der Waals surface area contributed by atoms with Gasteiger partial charge in [-0.15, -0.1) is 0 Å². The molecule has 1 saturated heterocycles. The fourth-order valence-corrected chi connectivity index (χ4v) is 6.00. The first-order chi connectivity index (χ1) is 20.7. The predicted molar refractivity (Wildman–Crippen MR) is 155 cm³/mol. The normalized spacial score (nSPS) is 18.2. The molecule has 3 aromatic heterocycles. The molecule has 1 aromatic carbocycles. The molecule has 2 aliphatic heterocycles. The minimum atomic E-state index is -4.50. The largest absolute Gasteiger partial charge is 0.455 e. The average Bonchev–Trinajstić information content (AvgIpc) is 3.48. The summed E-state index contributed by atoms with van der Waals surface area (Å²) in [7, 11) is 0. The van der Waals surface area contributed by atoms with E-state index in [0.717, 1.165) is 55.4 Å². The maximum atomic E-state index is 14.1. The molecule has 1 amide bonds. The lowest BCUT2D eigenvalue weighted by Gasteiger charge is -2.35. The lowest BCUT2D eigenvalue weighted by molar-refractivity contribution is -0.139. The Labute approximate surface area is 247 Å². The molecule has 6 rings (SSSR count). The average molecular weight is 594 g/mol. The quantitative estimate of drug-likeness (QED) is 0.323. The minimum Gasteiger partial charge on any atom is -0.455 e. The number of rotatable bonds is 7. The standard InChI is InChI=1S/C31H34F3N7O2/c1-3-39-10-12-40(13-11-39)19-22-5-4-21(14-26(22)31(32,33)34)15-29(42)41-9-7-27-24(20(41)2)16-23(17-36-27)43-28-6-8-35-30-25(28)18-37-38-30/h4-6,8,14,16-18,20H,3,7,9-13,15,19H2,1-2H3,(H,35,37,38). The SMILES string of the molecule is CCN1CCN(Cc2ccc(CC(=O)N3CCc4ncc(Oc5ccnc6[nH]ncc56)cc4C3C)cc2C(F)(F)F)CC1. The first kappa shape index (κ1) is 29.1. The zero-order chi connectivity index (χ0) is 30.1. The van der Waals surface area contributed by atoms with Crippen molar-refractivity contribution in [3.05, 3.63) is 76.9 Å². The topological polar surface area (TPSA) is 90.5 Å². The highest BCUT2D eigenvalue weighted by Crippen LogP contribution is 2.36. The number of halogens is 3. The maximum absolute atomic E-state index is 14.1. The monoisotopic (exact) mass is 593 g/mol. The molecule has 1 N–H and O–H groups in total. The van der Waals surface area contributed by atoms with Gasteiger partial charge in [0.1, 0.15) is 11.5 Å². The van der Waals surface area contributed by atoms with E-state index in [1.54, 1.807) is 35.6 Å². The maximum Gasteiger partial charge on any atom is 0.416 e. The molecule has 1 atom stereocenters. The Morgan fingerprint density at radius 1 is 1.05 bits per heavy atom. The molecular weight excluding hydrogens is 559 g/mol. The van der Waals surface area contributed by atoms with Crippen molar-refractivity contribution in [3.63, 3.8) is 0 Å². The third kappa shape index (κ3) is 6.21. The van der Waals surface area contributed by atoms with Crippen LogP contribution in [0.4, 0.5) is 13.2 Å². The number of nitrogens with zero attached hydrogens (tertiary/aromatic N) is 6. The van der Waals surface area contributed by atoms with Crippen LogP contribution in [0, 0.1) is 0 Å². The van der Waals surface area contributed by atoms with Crippen LogP contribution in [0.15, 0.2) is 48.9 Å². The number of hydrogen-bond donors (Lipinski definition) is 1. The predicted octanol–water partition coefficient (Wildman–Crippen LogP) is 4.99. The second-order valence-corrected chi connectivity index (χ2v) is 11.1. The Kier molecular flexibility index (Phi) is 8.06. The van der Waals surface area contributed by atoms with E-state index in [2.05, 4.69) is 36.9 Å². The van der Waals surface area contributed by atoms with Crippen molar-refractivity contribution in [2.24, 2.45) is 0 Å². The number of pyridine rings is 2. The molecule has 1 fully saturated rings. The van der Waals surface area contributed by atoms with E-state index in [1.807, 2.05) is 13.0 Å². The summed E-state index contributed by atoms with van der Waals surface area (Å²) in [6.07, 6.45) is 0.837. The summed E-state index contributed by atoms with van der Waals surface area (Å²) in [4.78, 5) is 28.3. The summed E-state index contributed by atoms with van der Waals surface area (Å²) < 4.78 is 48.5. The van der Waals surface area contributed by atoms with Gasteiger partial charge in [-0.05, 0) is 48.4 Å². The fourth-order valence-electron chi connectivity index (χ4n) is 6.00. The number of likely N-dealkylation sites (N-methyl/N-ethyl adjacent to an activating group) is 1. The van der Waals surface area contributed by atoms with Crippen LogP contribution in [0.5, 0.6) is 11.5 Å². The van der Waals surface area contributed by atoms with Gasteiger partial charge in [-0.1, -0.05) is 19.1 Å². The highest BCUT2D eigenvalue weighted by molar-refractivity contribution is 5.81. The number of fused-ring (bicyclic) bond motifs is 2. The van der Waals surface area contributed by atoms with Crippen LogP contribution < -0.4 is 4.74 Å². The van der Waals surface area contributed by atoms with E-state index in [0.29, 0.717) is 35.7 Å². The van der Waals surface area contributed by atoms with Gasteiger partial charge in [0.25, 0.3) is 0 Å². The van der Waals surface area contributed by atoms with E-state index < -0.39 is 11.7 Å². The van der Waals surface area contributed by atoms with Crippen molar-refractivity contribution < 1.29 is 22.7 Å². The van der Waals surface area contributed by atoms with Crippen molar-refractivity contribution in [1.29, 1.82) is 0 Å². The van der Waals surface area contributed by atoms with Crippen LogP contribution >= 0.6 is 0 Å². The van der Waals surface area contributed by atoms with Crippen molar-refractivity contribution >= 4 is 16.9 Å². The number of hydrogen-bond acceptors (Lipinski definition) is 7. The van der Waals surface area contributed by atoms with Crippen molar-refractivity contribution in [1.82, 2.24) is 34.9 Å². The number of nitrogens with one attached hydrogen (secondary N) is 1. The number of piperazine rings is 1. The number of aromatic nitrogens is 4. The van der Waals surface area contributed by atoms with E-state index in [-0.39, 0.29) is 30.5 Å². The number of carbonyl (C=O) groups is 1. The number of aromatic amines is 1. The molecule has 9 nitrogen and oxygen atoms in total. The number of amides is 1. The van der Waals surface area contributed by atoms with Gasteiger partial charge in [0.15, 0.2) is 5.65 Å². The number of benzene rings is 1. The molecular formula is C31H34F3N7O2. The zero-order valence-corrected chi connectivity index (χ0v) is 24.2. The summed E-state index contributed by atoms with van der Waals surface area (Å²) in [6.45, 7) is 8.78. The Morgan fingerprint density at radius 3 is 2.60 bits per heavy atom. The van der Waals surface area contributed by atoms with E-state index >= 15 is 0 Å². The minimum absolute atomic E-state index is 0.114. The Morgan fingerprint density at radius 2 is 1.84 bits per heavy atom. The van der Waals surface area contributed by atoms with E-state index in [1.165, 1.54) is 6.07 Å². The highest BCUT2D eigenvalue weighted by atomic mass is 19.4. The van der Waals surface area contributed by atoms with Crippen LogP contribution in [0.2, 0.25) is 0 Å². The molecule has 0 bridgehead atoms. The van der Waals surface area contributed by atoms with Crippen molar-refractivity contribution in [2.45, 2.75) is 45.5 Å². The van der Waals surface area contributed by atoms with Gasteiger partial charge in [0.05, 0.1) is 35.8 Å². The van der Waals surface area contributed by atoms with Crippen molar-refractivity contribution in [3.8, 4) is 11.5 Å². The molecule has 0 aliphatic carbocycles. The van der Waals surface area contributed by atoms with Gasteiger partial charge < -0.3 is 14.5 Å².